The molecule has 0 fully saturated rings. The van der Waals surface area contributed by atoms with E-state index < -0.39 is 0 Å². The topological polar surface area (TPSA) is 74.8 Å². The molecule has 2 aromatic heterocycles. The van der Waals surface area contributed by atoms with Crippen molar-refractivity contribution in [3.63, 3.8) is 0 Å². The second-order valence-electron chi connectivity index (χ2n) is 5.24. The van der Waals surface area contributed by atoms with Gasteiger partial charge in [-0.2, -0.15) is 0 Å². The molecule has 0 spiro atoms. The number of nitrogens with zero attached hydrogens (tertiary/aromatic N) is 1. The number of anilines is 1. The number of hydrogen-bond donors (Lipinski definition) is 2. The first kappa shape index (κ1) is 15.2. The van der Waals surface area contributed by atoms with Crippen molar-refractivity contribution in [1.82, 2.24) is 9.97 Å². The molecule has 0 saturated heterocycles. The van der Waals surface area contributed by atoms with Gasteiger partial charge in [0.1, 0.15) is 0 Å². The molecule has 1 aromatic carbocycles. The van der Waals surface area contributed by atoms with Gasteiger partial charge in [0.15, 0.2) is 5.13 Å². The molecular formula is C17H15N3O2S. The van der Waals surface area contributed by atoms with Gasteiger partial charge < -0.3 is 4.98 Å². The molecule has 0 unspecified atom stereocenters. The lowest BCUT2D eigenvalue weighted by Crippen LogP contribution is -2.15. The van der Waals surface area contributed by atoms with Crippen LogP contribution in [0.1, 0.15) is 21.5 Å². The van der Waals surface area contributed by atoms with Gasteiger partial charge in [-0.1, -0.05) is 35.1 Å². The summed E-state index contributed by atoms with van der Waals surface area (Å²) < 4.78 is 0. The van der Waals surface area contributed by atoms with Crippen LogP contribution in [0.4, 0.5) is 5.13 Å². The van der Waals surface area contributed by atoms with Crippen LogP contribution in [0.5, 0.6) is 0 Å². The highest BCUT2D eigenvalue weighted by Crippen LogP contribution is 2.31. The molecule has 0 aliphatic heterocycles. The van der Waals surface area contributed by atoms with E-state index in [1.807, 2.05) is 0 Å². The molecule has 0 saturated carbocycles. The second-order valence-corrected chi connectivity index (χ2v) is 6.27. The molecule has 5 nitrogen and oxygen atoms in total. The highest BCUT2D eigenvalue weighted by atomic mass is 32.1. The predicted molar refractivity (Wildman–Crippen MR) is 92.0 cm³/mol. The SMILES string of the molecule is Cc1ccc(-c2cnc(NC(=O)c3cc[nH]c(=O)c3)s2)c(C)c1. The fourth-order valence-corrected chi connectivity index (χ4v) is 3.20. The molecule has 2 N–H and O–H groups in total. The van der Waals surface area contributed by atoms with E-state index in [9.17, 15) is 9.59 Å². The average molecular weight is 325 g/mol. The number of carbonyl (C=O) groups is 1. The lowest BCUT2D eigenvalue weighted by atomic mass is 10.1. The van der Waals surface area contributed by atoms with Gasteiger partial charge in [-0.3, -0.25) is 14.9 Å². The number of aromatic nitrogens is 2. The molecule has 6 heteroatoms. The second kappa shape index (κ2) is 6.18. The van der Waals surface area contributed by atoms with E-state index in [1.165, 1.54) is 34.7 Å². The zero-order chi connectivity index (χ0) is 16.4. The van der Waals surface area contributed by atoms with Crippen LogP contribution in [-0.2, 0) is 0 Å². The lowest BCUT2D eigenvalue weighted by Gasteiger charge is -2.03. The molecule has 3 aromatic rings. The van der Waals surface area contributed by atoms with Gasteiger partial charge in [0.2, 0.25) is 5.56 Å². The number of amides is 1. The Morgan fingerprint density at radius 3 is 2.78 bits per heavy atom. The number of benzene rings is 1. The zero-order valence-electron chi connectivity index (χ0n) is 12.7. The number of H-pyrrole nitrogens is 1. The van der Waals surface area contributed by atoms with E-state index in [2.05, 4.69) is 47.3 Å². The Morgan fingerprint density at radius 2 is 2.04 bits per heavy atom. The predicted octanol–water partition coefficient (Wildman–Crippen LogP) is 3.37. The molecule has 1 amide bonds. The molecule has 0 aliphatic rings. The normalized spacial score (nSPS) is 10.5. The maximum atomic E-state index is 12.1. The summed E-state index contributed by atoms with van der Waals surface area (Å²) in [7, 11) is 0. The van der Waals surface area contributed by atoms with E-state index in [0.29, 0.717) is 10.7 Å². The zero-order valence-corrected chi connectivity index (χ0v) is 13.5. The first-order chi connectivity index (χ1) is 11.0. The maximum absolute atomic E-state index is 12.1. The van der Waals surface area contributed by atoms with E-state index in [4.69, 9.17) is 0 Å². The number of aromatic amines is 1. The van der Waals surface area contributed by atoms with Crippen LogP contribution >= 0.6 is 11.3 Å². The van der Waals surface area contributed by atoms with Gasteiger partial charge in [0.05, 0.1) is 4.88 Å². The summed E-state index contributed by atoms with van der Waals surface area (Å²) in [6.45, 7) is 4.10. The Balaban J connectivity index is 1.82. The number of pyridine rings is 1. The third-order valence-corrected chi connectivity index (χ3v) is 4.36. The summed E-state index contributed by atoms with van der Waals surface area (Å²) in [6.07, 6.45) is 3.19. The van der Waals surface area contributed by atoms with Crippen molar-refractivity contribution < 1.29 is 4.79 Å². The minimum atomic E-state index is -0.349. The van der Waals surface area contributed by atoms with Crippen molar-refractivity contribution in [2.45, 2.75) is 13.8 Å². The fraction of sp³-hybridized carbons (Fsp3) is 0.118. The fourth-order valence-electron chi connectivity index (χ4n) is 2.30. The van der Waals surface area contributed by atoms with Crippen LogP contribution in [0.15, 0.2) is 47.5 Å². The van der Waals surface area contributed by atoms with Gasteiger partial charge >= 0.3 is 0 Å². The van der Waals surface area contributed by atoms with Gasteiger partial charge in [-0.05, 0) is 31.0 Å². The van der Waals surface area contributed by atoms with Gasteiger partial charge in [0.25, 0.3) is 5.91 Å². The summed E-state index contributed by atoms with van der Waals surface area (Å²) in [4.78, 5) is 31.1. The van der Waals surface area contributed by atoms with Crippen LogP contribution in [0, 0.1) is 13.8 Å². The number of rotatable bonds is 3. The standard InChI is InChI=1S/C17H15N3O2S/c1-10-3-4-13(11(2)7-10)14-9-19-17(23-14)20-16(22)12-5-6-18-15(21)8-12/h3-9H,1-2H3,(H,18,21)(H,19,20,22). The van der Waals surface area contributed by atoms with Crippen molar-refractivity contribution in [3.8, 4) is 10.4 Å². The molecule has 116 valence electrons. The highest BCUT2D eigenvalue weighted by Gasteiger charge is 2.11. The monoisotopic (exact) mass is 325 g/mol. The number of carbonyl (C=O) groups excluding carboxylic acids is 1. The number of nitrogens with one attached hydrogen (secondary N) is 2. The molecule has 2 heterocycles. The molecule has 0 aliphatic carbocycles. The molecule has 0 atom stereocenters. The van der Waals surface area contributed by atoms with Crippen molar-refractivity contribution in [2.24, 2.45) is 0 Å². The number of hydrogen-bond acceptors (Lipinski definition) is 4. The van der Waals surface area contributed by atoms with E-state index in [-0.39, 0.29) is 11.5 Å². The summed E-state index contributed by atoms with van der Waals surface area (Å²) in [5.41, 5.74) is 3.47. The van der Waals surface area contributed by atoms with E-state index in [1.54, 1.807) is 12.3 Å². The number of aryl methyl sites for hydroxylation is 2. The summed E-state index contributed by atoms with van der Waals surface area (Å²) in [5.74, 6) is -0.349. The summed E-state index contributed by atoms with van der Waals surface area (Å²) >= 11 is 1.40. The maximum Gasteiger partial charge on any atom is 0.257 e. The smallest absolute Gasteiger partial charge is 0.257 e. The lowest BCUT2D eigenvalue weighted by molar-refractivity contribution is 0.102. The quantitative estimate of drug-likeness (QED) is 0.775. The van der Waals surface area contributed by atoms with Crippen molar-refractivity contribution in [2.75, 3.05) is 5.32 Å². The third-order valence-electron chi connectivity index (χ3n) is 3.41. The van der Waals surface area contributed by atoms with E-state index in [0.717, 1.165) is 10.4 Å². The first-order valence-corrected chi connectivity index (χ1v) is 7.88. The highest BCUT2D eigenvalue weighted by molar-refractivity contribution is 7.19. The molecule has 0 bridgehead atoms. The molecule has 0 radical (unpaired) electrons. The number of thiazole rings is 1. The molecule has 23 heavy (non-hydrogen) atoms. The minimum Gasteiger partial charge on any atom is -0.329 e. The van der Waals surface area contributed by atoms with Crippen molar-refractivity contribution in [3.05, 3.63) is 69.8 Å². The largest absolute Gasteiger partial charge is 0.329 e. The Hall–Kier alpha value is -2.73. The summed E-state index contributed by atoms with van der Waals surface area (Å²) in [6, 6.07) is 9.03. The Morgan fingerprint density at radius 1 is 1.22 bits per heavy atom. The van der Waals surface area contributed by atoms with E-state index >= 15 is 0 Å². The first-order valence-electron chi connectivity index (χ1n) is 7.06. The van der Waals surface area contributed by atoms with Crippen molar-refractivity contribution in [1.29, 1.82) is 0 Å². The van der Waals surface area contributed by atoms with Crippen LogP contribution in [0.2, 0.25) is 0 Å². The Bertz CT molecular complexity index is 927. The van der Waals surface area contributed by atoms with Crippen LogP contribution in [-0.4, -0.2) is 15.9 Å². The molecular weight excluding hydrogens is 310 g/mol. The Kier molecular flexibility index (Phi) is 4.08. The third kappa shape index (κ3) is 3.37. The van der Waals surface area contributed by atoms with Crippen LogP contribution < -0.4 is 10.9 Å². The minimum absolute atomic E-state index is 0.303. The van der Waals surface area contributed by atoms with Crippen molar-refractivity contribution >= 4 is 22.4 Å². The Labute approximate surface area is 137 Å². The van der Waals surface area contributed by atoms with Gasteiger partial charge in [-0.25, -0.2) is 4.98 Å². The summed E-state index contributed by atoms with van der Waals surface area (Å²) in [5, 5.41) is 3.23. The average Bonchev–Trinajstić information content (AvgIpc) is 2.95. The molecule has 3 rings (SSSR count). The van der Waals surface area contributed by atoms with Gasteiger partial charge in [0, 0.05) is 24.0 Å². The van der Waals surface area contributed by atoms with Gasteiger partial charge in [-0.15, -0.1) is 0 Å². The van der Waals surface area contributed by atoms with Crippen LogP contribution in [0.3, 0.4) is 0 Å². The van der Waals surface area contributed by atoms with Crippen LogP contribution in [0.25, 0.3) is 10.4 Å².